The van der Waals surface area contributed by atoms with Crippen LogP contribution < -0.4 is 5.32 Å². The number of anilines is 1. The fourth-order valence-corrected chi connectivity index (χ4v) is 1.18. The van der Waals surface area contributed by atoms with Gasteiger partial charge in [-0.05, 0) is 19.1 Å². The van der Waals surface area contributed by atoms with Crippen molar-refractivity contribution in [3.8, 4) is 0 Å². The number of hydrogen-bond donors (Lipinski definition) is 1. The van der Waals surface area contributed by atoms with Gasteiger partial charge in [0.15, 0.2) is 0 Å². The van der Waals surface area contributed by atoms with Crippen molar-refractivity contribution in [3.63, 3.8) is 0 Å². The molecular weight excluding hydrogens is 214 g/mol. The number of likely N-dealkylation sites (N-methyl/N-ethyl adjacent to an activating group) is 1. The first-order chi connectivity index (χ1) is 7.13. The molecule has 0 saturated heterocycles. The molecule has 82 valence electrons. The lowest BCUT2D eigenvalue weighted by Gasteiger charge is -2.15. The number of rotatable bonds is 4. The Morgan fingerprint density at radius 3 is 3.00 bits per heavy atom. The molecule has 0 unspecified atom stereocenters. The molecule has 0 aliphatic heterocycles. The molecule has 1 aromatic heterocycles. The maximum Gasteiger partial charge on any atom is 0.241 e. The number of halogens is 1. The van der Waals surface area contributed by atoms with Gasteiger partial charge in [0.25, 0.3) is 0 Å². The molecule has 0 spiro atoms. The van der Waals surface area contributed by atoms with E-state index < -0.39 is 0 Å². The van der Waals surface area contributed by atoms with Gasteiger partial charge < -0.3 is 10.2 Å². The standard InChI is InChI=1S/C10H14ClN3O/c1-3-14(2)10(15)7-13-8-4-5-12-9(11)6-8/h4-6H,3,7H2,1-2H3,(H,12,13). The quantitative estimate of drug-likeness (QED) is 0.796. The molecule has 0 saturated carbocycles. The average Bonchev–Trinajstić information content (AvgIpc) is 2.25. The largest absolute Gasteiger partial charge is 0.376 e. The van der Waals surface area contributed by atoms with Gasteiger partial charge in [-0.1, -0.05) is 11.6 Å². The molecule has 5 heteroatoms. The molecule has 1 amide bonds. The fourth-order valence-electron chi connectivity index (χ4n) is 1.00. The van der Waals surface area contributed by atoms with Crippen molar-refractivity contribution >= 4 is 23.2 Å². The summed E-state index contributed by atoms with van der Waals surface area (Å²) in [5.74, 6) is 0.0467. The van der Waals surface area contributed by atoms with E-state index >= 15 is 0 Å². The predicted molar refractivity (Wildman–Crippen MR) is 61.0 cm³/mol. The zero-order valence-corrected chi connectivity index (χ0v) is 9.58. The fraction of sp³-hybridized carbons (Fsp3) is 0.400. The van der Waals surface area contributed by atoms with Crippen LogP contribution in [0, 0.1) is 0 Å². The van der Waals surface area contributed by atoms with Gasteiger partial charge in [0.2, 0.25) is 5.91 Å². The zero-order chi connectivity index (χ0) is 11.3. The van der Waals surface area contributed by atoms with Crippen molar-refractivity contribution in [2.45, 2.75) is 6.92 Å². The van der Waals surface area contributed by atoms with E-state index in [9.17, 15) is 4.79 Å². The Morgan fingerprint density at radius 2 is 2.40 bits per heavy atom. The Morgan fingerprint density at radius 1 is 1.67 bits per heavy atom. The summed E-state index contributed by atoms with van der Waals surface area (Å²) >= 11 is 5.70. The molecule has 0 bridgehead atoms. The number of nitrogens with one attached hydrogen (secondary N) is 1. The van der Waals surface area contributed by atoms with Crippen LogP contribution in [0.1, 0.15) is 6.92 Å². The van der Waals surface area contributed by atoms with Crippen molar-refractivity contribution in [1.82, 2.24) is 9.88 Å². The lowest BCUT2D eigenvalue weighted by atomic mass is 10.4. The summed E-state index contributed by atoms with van der Waals surface area (Å²) in [6.07, 6.45) is 1.60. The first-order valence-electron chi connectivity index (χ1n) is 4.73. The Kier molecular flexibility index (Phi) is 4.37. The van der Waals surface area contributed by atoms with E-state index in [2.05, 4.69) is 10.3 Å². The van der Waals surface area contributed by atoms with Crippen LogP contribution in [0.2, 0.25) is 5.15 Å². The molecular formula is C10H14ClN3O. The number of nitrogens with zero attached hydrogens (tertiary/aromatic N) is 2. The van der Waals surface area contributed by atoms with Gasteiger partial charge in [-0.15, -0.1) is 0 Å². The van der Waals surface area contributed by atoms with E-state index in [-0.39, 0.29) is 12.5 Å². The summed E-state index contributed by atoms with van der Waals surface area (Å²) in [5.41, 5.74) is 0.799. The number of pyridine rings is 1. The predicted octanol–water partition coefficient (Wildman–Crippen LogP) is 1.63. The Balaban J connectivity index is 2.47. The van der Waals surface area contributed by atoms with Gasteiger partial charge >= 0.3 is 0 Å². The minimum absolute atomic E-state index is 0.0467. The highest BCUT2D eigenvalue weighted by atomic mass is 35.5. The van der Waals surface area contributed by atoms with E-state index in [0.717, 1.165) is 5.69 Å². The molecule has 4 nitrogen and oxygen atoms in total. The third-order valence-electron chi connectivity index (χ3n) is 2.07. The lowest BCUT2D eigenvalue weighted by Crippen LogP contribution is -2.31. The first-order valence-corrected chi connectivity index (χ1v) is 5.10. The molecule has 1 aromatic rings. The zero-order valence-electron chi connectivity index (χ0n) is 8.83. The van der Waals surface area contributed by atoms with E-state index in [1.165, 1.54) is 0 Å². The van der Waals surface area contributed by atoms with Gasteiger partial charge in [-0.25, -0.2) is 4.98 Å². The van der Waals surface area contributed by atoms with Crippen LogP contribution >= 0.6 is 11.6 Å². The molecule has 0 aliphatic rings. The van der Waals surface area contributed by atoms with Crippen molar-refractivity contribution in [2.24, 2.45) is 0 Å². The van der Waals surface area contributed by atoms with Crippen molar-refractivity contribution < 1.29 is 4.79 Å². The normalized spacial score (nSPS) is 9.80. The maximum atomic E-state index is 11.4. The summed E-state index contributed by atoms with van der Waals surface area (Å²) in [7, 11) is 1.77. The van der Waals surface area contributed by atoms with Gasteiger partial charge in [0.05, 0.1) is 6.54 Å². The number of hydrogen-bond acceptors (Lipinski definition) is 3. The SMILES string of the molecule is CCN(C)C(=O)CNc1ccnc(Cl)c1. The Labute approximate surface area is 94.3 Å². The smallest absolute Gasteiger partial charge is 0.241 e. The second-order valence-corrected chi connectivity index (χ2v) is 3.52. The summed E-state index contributed by atoms with van der Waals surface area (Å²) < 4.78 is 0. The Bertz CT molecular complexity index is 343. The van der Waals surface area contributed by atoms with Gasteiger partial charge in [0.1, 0.15) is 5.15 Å². The number of carbonyl (C=O) groups is 1. The van der Waals surface area contributed by atoms with Crippen molar-refractivity contribution in [3.05, 3.63) is 23.5 Å². The van der Waals surface area contributed by atoms with Crippen LogP contribution in [0.5, 0.6) is 0 Å². The molecule has 15 heavy (non-hydrogen) atoms. The minimum atomic E-state index is 0.0467. The average molecular weight is 228 g/mol. The van der Waals surface area contributed by atoms with Crippen LogP contribution in [-0.2, 0) is 4.79 Å². The monoisotopic (exact) mass is 227 g/mol. The lowest BCUT2D eigenvalue weighted by molar-refractivity contribution is -0.127. The van der Waals surface area contributed by atoms with E-state index in [0.29, 0.717) is 11.7 Å². The summed E-state index contributed by atoms with van der Waals surface area (Å²) in [4.78, 5) is 16.9. The maximum absolute atomic E-state index is 11.4. The summed E-state index contributed by atoms with van der Waals surface area (Å²) in [6, 6.07) is 3.45. The number of aromatic nitrogens is 1. The van der Waals surface area contributed by atoms with E-state index in [1.54, 1.807) is 30.3 Å². The molecule has 1 rings (SSSR count). The van der Waals surface area contributed by atoms with Crippen LogP contribution in [0.15, 0.2) is 18.3 Å². The number of carbonyl (C=O) groups excluding carboxylic acids is 1. The summed E-state index contributed by atoms with van der Waals surface area (Å²) in [5, 5.41) is 3.40. The molecule has 0 aliphatic carbocycles. The van der Waals surface area contributed by atoms with E-state index in [1.807, 2.05) is 6.92 Å². The molecule has 0 atom stereocenters. The second kappa shape index (κ2) is 5.56. The molecule has 0 radical (unpaired) electrons. The van der Waals surface area contributed by atoms with Gasteiger partial charge in [-0.2, -0.15) is 0 Å². The summed E-state index contributed by atoms with van der Waals surface area (Å²) in [6.45, 7) is 2.91. The molecule has 1 heterocycles. The van der Waals surface area contributed by atoms with Gasteiger partial charge in [0, 0.05) is 25.5 Å². The molecule has 1 N–H and O–H groups in total. The molecule has 0 aromatic carbocycles. The molecule has 0 fully saturated rings. The third kappa shape index (κ3) is 3.75. The highest BCUT2D eigenvalue weighted by Crippen LogP contribution is 2.11. The van der Waals surface area contributed by atoms with E-state index in [4.69, 9.17) is 11.6 Å². The minimum Gasteiger partial charge on any atom is -0.376 e. The second-order valence-electron chi connectivity index (χ2n) is 3.13. The van der Waals surface area contributed by atoms with Crippen LogP contribution in [0.4, 0.5) is 5.69 Å². The first kappa shape index (κ1) is 11.8. The van der Waals surface area contributed by atoms with Crippen molar-refractivity contribution in [1.29, 1.82) is 0 Å². The number of amides is 1. The van der Waals surface area contributed by atoms with Crippen LogP contribution in [-0.4, -0.2) is 35.9 Å². The van der Waals surface area contributed by atoms with Gasteiger partial charge in [-0.3, -0.25) is 4.79 Å². The highest BCUT2D eigenvalue weighted by molar-refractivity contribution is 6.29. The topological polar surface area (TPSA) is 45.2 Å². The highest BCUT2D eigenvalue weighted by Gasteiger charge is 2.05. The Hall–Kier alpha value is -1.29. The van der Waals surface area contributed by atoms with Crippen LogP contribution in [0.25, 0.3) is 0 Å². The van der Waals surface area contributed by atoms with Crippen LogP contribution in [0.3, 0.4) is 0 Å². The van der Waals surface area contributed by atoms with Crippen molar-refractivity contribution in [2.75, 3.05) is 25.5 Å². The third-order valence-corrected chi connectivity index (χ3v) is 2.28.